The number of nitrogens with one attached hydrogen (secondary N) is 2. The van der Waals surface area contributed by atoms with Crippen LogP contribution in [0.3, 0.4) is 0 Å². The van der Waals surface area contributed by atoms with E-state index in [9.17, 15) is 4.79 Å². The lowest BCUT2D eigenvalue weighted by atomic mass is 9.85. The molecule has 126 valence electrons. The number of fused-ring (bicyclic) bond motifs is 1. The number of H-pyrrole nitrogens is 1. The second-order valence-electron chi connectivity index (χ2n) is 6.83. The topological polar surface area (TPSA) is 78.0 Å². The van der Waals surface area contributed by atoms with Crippen molar-refractivity contribution in [1.29, 1.82) is 0 Å². The lowest BCUT2D eigenvalue weighted by Gasteiger charge is -2.15. The SMILES string of the molecule is CC1(C)C(=O)Nc2ccc(-c3c[nH]c(-c4ccc(CO)cc4)n3)cc21. The Morgan fingerprint density at radius 2 is 1.80 bits per heavy atom. The van der Waals surface area contributed by atoms with E-state index in [0.717, 1.165) is 39.5 Å². The maximum atomic E-state index is 12.1. The summed E-state index contributed by atoms with van der Waals surface area (Å²) in [6.45, 7) is 3.88. The highest BCUT2D eigenvalue weighted by Gasteiger charge is 2.38. The smallest absolute Gasteiger partial charge is 0.234 e. The first-order valence-electron chi connectivity index (χ1n) is 8.21. The van der Waals surface area contributed by atoms with E-state index in [4.69, 9.17) is 5.11 Å². The average Bonchev–Trinajstić information content (AvgIpc) is 3.19. The molecule has 3 N–H and O–H groups in total. The largest absolute Gasteiger partial charge is 0.392 e. The van der Waals surface area contributed by atoms with E-state index in [1.165, 1.54) is 0 Å². The van der Waals surface area contributed by atoms with Gasteiger partial charge in [0.2, 0.25) is 5.91 Å². The number of aromatic nitrogens is 2. The fourth-order valence-electron chi connectivity index (χ4n) is 3.12. The minimum absolute atomic E-state index is 0.0198. The van der Waals surface area contributed by atoms with Gasteiger partial charge in [-0.3, -0.25) is 4.79 Å². The molecule has 2 heterocycles. The van der Waals surface area contributed by atoms with Crippen LogP contribution in [0.4, 0.5) is 5.69 Å². The molecule has 1 aliphatic rings. The van der Waals surface area contributed by atoms with Crippen molar-refractivity contribution < 1.29 is 9.90 Å². The van der Waals surface area contributed by atoms with Crippen molar-refractivity contribution in [2.24, 2.45) is 0 Å². The number of carbonyl (C=O) groups excluding carboxylic acids is 1. The van der Waals surface area contributed by atoms with Crippen LogP contribution in [0.25, 0.3) is 22.6 Å². The lowest BCUT2D eigenvalue weighted by Crippen LogP contribution is -2.26. The fraction of sp³-hybridized carbons (Fsp3) is 0.200. The summed E-state index contributed by atoms with van der Waals surface area (Å²) in [5.74, 6) is 0.791. The second-order valence-corrected chi connectivity index (χ2v) is 6.83. The lowest BCUT2D eigenvalue weighted by molar-refractivity contribution is -0.119. The molecule has 0 radical (unpaired) electrons. The molecule has 0 fully saturated rings. The van der Waals surface area contributed by atoms with Crippen LogP contribution in [-0.2, 0) is 16.8 Å². The zero-order valence-electron chi connectivity index (χ0n) is 14.1. The van der Waals surface area contributed by atoms with Crippen LogP contribution in [0.5, 0.6) is 0 Å². The van der Waals surface area contributed by atoms with Gasteiger partial charge in [0.05, 0.1) is 17.7 Å². The van der Waals surface area contributed by atoms with Crippen LogP contribution in [0, 0.1) is 0 Å². The highest BCUT2D eigenvalue weighted by Crippen LogP contribution is 2.39. The van der Waals surface area contributed by atoms with E-state index in [2.05, 4.69) is 15.3 Å². The molecule has 0 saturated carbocycles. The summed E-state index contributed by atoms with van der Waals surface area (Å²) >= 11 is 0. The van der Waals surface area contributed by atoms with Gasteiger partial charge in [0.15, 0.2) is 0 Å². The van der Waals surface area contributed by atoms with Crippen molar-refractivity contribution >= 4 is 11.6 Å². The molecule has 2 aromatic carbocycles. The van der Waals surface area contributed by atoms with Gasteiger partial charge in [-0.05, 0) is 37.1 Å². The predicted octanol–water partition coefficient (Wildman–Crippen LogP) is 3.47. The van der Waals surface area contributed by atoms with Gasteiger partial charge in [0.1, 0.15) is 5.82 Å². The van der Waals surface area contributed by atoms with Crippen LogP contribution in [0.1, 0.15) is 25.0 Å². The van der Waals surface area contributed by atoms with E-state index < -0.39 is 5.41 Å². The highest BCUT2D eigenvalue weighted by molar-refractivity contribution is 6.06. The number of nitrogens with zero attached hydrogens (tertiary/aromatic N) is 1. The van der Waals surface area contributed by atoms with Gasteiger partial charge in [-0.25, -0.2) is 4.98 Å². The molecule has 0 unspecified atom stereocenters. The van der Waals surface area contributed by atoms with E-state index >= 15 is 0 Å². The standard InChI is InChI=1S/C20H19N3O2/c1-20(2)15-9-14(7-8-16(15)23-19(20)25)17-10-21-18(22-17)13-5-3-12(11-24)4-6-13/h3-10,24H,11H2,1-2H3,(H,21,22)(H,23,25). The summed E-state index contributed by atoms with van der Waals surface area (Å²) in [6, 6.07) is 13.6. The van der Waals surface area contributed by atoms with Gasteiger partial charge in [0.25, 0.3) is 0 Å². The molecule has 0 atom stereocenters. The van der Waals surface area contributed by atoms with Crippen molar-refractivity contribution in [3.05, 3.63) is 59.8 Å². The Bertz CT molecular complexity index is 955. The molecule has 0 spiro atoms. The van der Waals surface area contributed by atoms with Crippen molar-refractivity contribution in [2.45, 2.75) is 25.9 Å². The zero-order chi connectivity index (χ0) is 17.6. The molecule has 0 aliphatic carbocycles. The number of amides is 1. The van der Waals surface area contributed by atoms with E-state index in [1.54, 1.807) is 0 Å². The maximum Gasteiger partial charge on any atom is 0.234 e. The Morgan fingerprint density at radius 3 is 2.52 bits per heavy atom. The summed E-state index contributed by atoms with van der Waals surface area (Å²) in [4.78, 5) is 20.0. The van der Waals surface area contributed by atoms with Gasteiger partial charge in [0, 0.05) is 23.0 Å². The Hall–Kier alpha value is -2.92. The summed E-state index contributed by atoms with van der Waals surface area (Å²) < 4.78 is 0. The van der Waals surface area contributed by atoms with E-state index in [-0.39, 0.29) is 12.5 Å². The third-order valence-corrected chi connectivity index (χ3v) is 4.79. The number of aliphatic hydroxyl groups is 1. The van der Waals surface area contributed by atoms with Crippen molar-refractivity contribution in [2.75, 3.05) is 5.32 Å². The molecular formula is C20H19N3O2. The number of hydrogen-bond acceptors (Lipinski definition) is 3. The van der Waals surface area contributed by atoms with Crippen LogP contribution in [-0.4, -0.2) is 21.0 Å². The fourth-order valence-corrected chi connectivity index (χ4v) is 3.12. The zero-order valence-corrected chi connectivity index (χ0v) is 14.1. The van der Waals surface area contributed by atoms with Gasteiger partial charge >= 0.3 is 0 Å². The first-order valence-corrected chi connectivity index (χ1v) is 8.21. The number of rotatable bonds is 3. The summed E-state index contributed by atoms with van der Waals surface area (Å²) in [5, 5.41) is 12.1. The molecule has 1 aromatic heterocycles. The third kappa shape index (κ3) is 2.53. The number of aromatic amines is 1. The highest BCUT2D eigenvalue weighted by atomic mass is 16.3. The first kappa shape index (κ1) is 15.6. The Labute approximate surface area is 145 Å². The number of imidazole rings is 1. The summed E-state index contributed by atoms with van der Waals surface area (Å²) in [5.41, 5.74) is 4.96. The van der Waals surface area contributed by atoms with Crippen LogP contribution >= 0.6 is 0 Å². The molecule has 1 amide bonds. The summed E-state index contributed by atoms with van der Waals surface area (Å²) in [6.07, 6.45) is 1.87. The quantitative estimate of drug-likeness (QED) is 0.687. The van der Waals surface area contributed by atoms with Gasteiger partial charge in [-0.2, -0.15) is 0 Å². The maximum absolute atomic E-state index is 12.1. The van der Waals surface area contributed by atoms with Crippen LogP contribution in [0.2, 0.25) is 0 Å². The molecule has 3 aromatic rings. The van der Waals surface area contributed by atoms with Gasteiger partial charge < -0.3 is 15.4 Å². The Morgan fingerprint density at radius 1 is 1.08 bits per heavy atom. The number of benzene rings is 2. The first-order chi connectivity index (χ1) is 12.0. The molecule has 0 bridgehead atoms. The molecule has 5 nitrogen and oxygen atoms in total. The van der Waals surface area contributed by atoms with Crippen molar-refractivity contribution in [3.8, 4) is 22.6 Å². The molecule has 5 heteroatoms. The average molecular weight is 333 g/mol. The van der Waals surface area contributed by atoms with E-state index in [1.807, 2.05) is 62.5 Å². The number of carbonyl (C=O) groups is 1. The predicted molar refractivity (Wildman–Crippen MR) is 97.0 cm³/mol. The molecule has 25 heavy (non-hydrogen) atoms. The van der Waals surface area contributed by atoms with Gasteiger partial charge in [-0.15, -0.1) is 0 Å². The van der Waals surface area contributed by atoms with Crippen molar-refractivity contribution in [1.82, 2.24) is 9.97 Å². The minimum Gasteiger partial charge on any atom is -0.392 e. The second kappa shape index (κ2) is 5.57. The molecule has 1 aliphatic heterocycles. The van der Waals surface area contributed by atoms with Crippen LogP contribution < -0.4 is 5.32 Å². The number of anilines is 1. The summed E-state index contributed by atoms with van der Waals surface area (Å²) in [7, 11) is 0. The monoisotopic (exact) mass is 333 g/mol. The Balaban J connectivity index is 1.69. The van der Waals surface area contributed by atoms with E-state index in [0.29, 0.717) is 0 Å². The molecule has 0 saturated heterocycles. The third-order valence-electron chi connectivity index (χ3n) is 4.79. The molecular weight excluding hydrogens is 314 g/mol. The normalized spacial score (nSPS) is 15.1. The van der Waals surface area contributed by atoms with Crippen molar-refractivity contribution in [3.63, 3.8) is 0 Å². The van der Waals surface area contributed by atoms with Gasteiger partial charge in [-0.1, -0.05) is 30.3 Å². The number of aliphatic hydroxyl groups excluding tert-OH is 1. The minimum atomic E-state index is -0.537. The number of hydrogen-bond donors (Lipinski definition) is 3. The molecule has 4 rings (SSSR count). The Kier molecular flexibility index (Phi) is 3.47. The van der Waals surface area contributed by atoms with Crippen LogP contribution in [0.15, 0.2) is 48.7 Å².